The van der Waals surface area contributed by atoms with Crippen LogP contribution in [0.2, 0.25) is 10.0 Å². The number of amides is 1. The Bertz CT molecular complexity index is 723. The van der Waals surface area contributed by atoms with Crippen LogP contribution in [0.5, 0.6) is 11.5 Å². The summed E-state index contributed by atoms with van der Waals surface area (Å²) in [7, 11) is 3.11. The molecule has 2 N–H and O–H groups in total. The first-order valence-corrected chi connectivity index (χ1v) is 8.00. The molecule has 0 aliphatic rings. The van der Waals surface area contributed by atoms with Gasteiger partial charge < -0.3 is 20.1 Å². The lowest BCUT2D eigenvalue weighted by molar-refractivity contribution is -0.115. The van der Waals surface area contributed by atoms with Crippen LogP contribution in [-0.4, -0.2) is 26.7 Å². The van der Waals surface area contributed by atoms with Gasteiger partial charge in [0.2, 0.25) is 5.91 Å². The maximum absolute atomic E-state index is 12.0. The molecule has 2 aromatic rings. The molecule has 5 nitrogen and oxygen atoms in total. The highest BCUT2D eigenvalue weighted by molar-refractivity contribution is 6.32. The maximum Gasteiger partial charge on any atom is 0.226 e. The first-order chi connectivity index (χ1) is 11.5. The van der Waals surface area contributed by atoms with Crippen LogP contribution in [0.15, 0.2) is 36.4 Å². The van der Waals surface area contributed by atoms with E-state index in [1.165, 1.54) is 7.11 Å². The van der Waals surface area contributed by atoms with Crippen molar-refractivity contribution in [2.24, 2.45) is 0 Å². The molecule has 0 fully saturated rings. The summed E-state index contributed by atoms with van der Waals surface area (Å²) in [5.74, 6) is 1.09. The monoisotopic (exact) mass is 368 g/mol. The van der Waals surface area contributed by atoms with Crippen molar-refractivity contribution < 1.29 is 14.3 Å². The zero-order chi connectivity index (χ0) is 17.5. The van der Waals surface area contributed by atoms with E-state index in [1.54, 1.807) is 43.5 Å². The molecule has 2 rings (SSSR count). The lowest BCUT2D eigenvalue weighted by atomic mass is 10.2. The van der Waals surface area contributed by atoms with E-state index in [9.17, 15) is 4.79 Å². The van der Waals surface area contributed by atoms with Crippen LogP contribution < -0.4 is 20.1 Å². The minimum absolute atomic E-state index is 0.135. The Kier molecular flexibility index (Phi) is 6.58. The van der Waals surface area contributed by atoms with E-state index < -0.39 is 0 Å². The Balaban J connectivity index is 1.88. The third-order valence-corrected chi connectivity index (χ3v) is 3.80. The smallest absolute Gasteiger partial charge is 0.226 e. The number of carbonyl (C=O) groups excluding carboxylic acids is 1. The molecule has 0 aromatic heterocycles. The Labute approximate surface area is 150 Å². The summed E-state index contributed by atoms with van der Waals surface area (Å²) < 4.78 is 10.3. The van der Waals surface area contributed by atoms with E-state index in [0.29, 0.717) is 33.8 Å². The summed E-state index contributed by atoms with van der Waals surface area (Å²) in [5.41, 5.74) is 1.36. The van der Waals surface area contributed by atoms with Crippen molar-refractivity contribution >= 4 is 40.5 Å². The number of nitrogens with one attached hydrogen (secondary N) is 2. The summed E-state index contributed by atoms with van der Waals surface area (Å²) >= 11 is 12.0. The summed E-state index contributed by atoms with van der Waals surface area (Å²) in [6.45, 7) is 0.437. The van der Waals surface area contributed by atoms with Gasteiger partial charge in [0.05, 0.1) is 24.9 Å². The van der Waals surface area contributed by atoms with Crippen molar-refractivity contribution in [3.63, 3.8) is 0 Å². The van der Waals surface area contributed by atoms with Gasteiger partial charge in [-0.1, -0.05) is 23.2 Å². The second-order valence-electron chi connectivity index (χ2n) is 4.92. The molecular formula is C17H18Cl2N2O3. The fourth-order valence-electron chi connectivity index (χ4n) is 2.10. The van der Waals surface area contributed by atoms with Gasteiger partial charge in [0.25, 0.3) is 0 Å². The fourth-order valence-corrected chi connectivity index (χ4v) is 2.53. The topological polar surface area (TPSA) is 59.6 Å². The average molecular weight is 369 g/mol. The molecule has 0 bridgehead atoms. The lowest BCUT2D eigenvalue weighted by Crippen LogP contribution is -2.16. The Morgan fingerprint density at radius 1 is 1.04 bits per heavy atom. The third-order valence-electron chi connectivity index (χ3n) is 3.26. The molecule has 0 atom stereocenters. The van der Waals surface area contributed by atoms with Gasteiger partial charge in [-0.05, 0) is 36.4 Å². The van der Waals surface area contributed by atoms with Gasteiger partial charge in [-0.15, -0.1) is 0 Å². The van der Waals surface area contributed by atoms with E-state index in [-0.39, 0.29) is 12.3 Å². The highest BCUT2D eigenvalue weighted by atomic mass is 35.5. The standard InChI is InChI=1S/C17H18Cl2N2O3/c1-23-15-6-4-12(10-13(15)19)21-17(22)7-8-20-14-9-11(18)3-5-16(14)24-2/h3-6,9-10,20H,7-8H2,1-2H3,(H,21,22). The van der Waals surface area contributed by atoms with Crippen molar-refractivity contribution in [1.29, 1.82) is 0 Å². The van der Waals surface area contributed by atoms with Crippen LogP contribution in [-0.2, 0) is 4.79 Å². The van der Waals surface area contributed by atoms with E-state index in [4.69, 9.17) is 32.7 Å². The normalized spacial score (nSPS) is 10.2. The molecule has 0 spiro atoms. The first kappa shape index (κ1) is 18.2. The molecule has 0 radical (unpaired) electrons. The minimum atomic E-state index is -0.135. The summed E-state index contributed by atoms with van der Waals surface area (Å²) in [6.07, 6.45) is 0.277. The average Bonchev–Trinajstić information content (AvgIpc) is 2.55. The van der Waals surface area contributed by atoms with Crippen molar-refractivity contribution in [3.8, 4) is 11.5 Å². The summed E-state index contributed by atoms with van der Waals surface area (Å²) in [6, 6.07) is 10.3. The highest BCUT2D eigenvalue weighted by Gasteiger charge is 2.07. The number of carbonyl (C=O) groups is 1. The molecule has 128 valence electrons. The van der Waals surface area contributed by atoms with E-state index in [0.717, 1.165) is 5.69 Å². The van der Waals surface area contributed by atoms with Crippen molar-refractivity contribution in [2.75, 3.05) is 31.4 Å². The quantitative estimate of drug-likeness (QED) is 0.757. The fraction of sp³-hybridized carbons (Fsp3) is 0.235. The Hall–Kier alpha value is -2.11. The van der Waals surface area contributed by atoms with Crippen LogP contribution >= 0.6 is 23.2 Å². The third kappa shape index (κ3) is 4.94. The van der Waals surface area contributed by atoms with Gasteiger partial charge in [0.1, 0.15) is 11.5 Å². The number of ether oxygens (including phenoxy) is 2. The molecule has 0 heterocycles. The summed E-state index contributed by atoms with van der Waals surface area (Å²) in [4.78, 5) is 12.0. The van der Waals surface area contributed by atoms with Gasteiger partial charge in [-0.2, -0.15) is 0 Å². The number of anilines is 2. The largest absolute Gasteiger partial charge is 0.495 e. The van der Waals surface area contributed by atoms with Gasteiger partial charge >= 0.3 is 0 Å². The van der Waals surface area contributed by atoms with Crippen LogP contribution in [0.25, 0.3) is 0 Å². The SMILES string of the molecule is COc1ccc(NC(=O)CCNc2cc(Cl)ccc2OC)cc1Cl. The molecule has 1 amide bonds. The van der Waals surface area contributed by atoms with Crippen LogP contribution in [0.3, 0.4) is 0 Å². The van der Waals surface area contributed by atoms with E-state index >= 15 is 0 Å². The van der Waals surface area contributed by atoms with Crippen molar-refractivity contribution in [2.45, 2.75) is 6.42 Å². The Morgan fingerprint density at radius 2 is 1.75 bits per heavy atom. The zero-order valence-corrected chi connectivity index (χ0v) is 14.9. The molecular weight excluding hydrogens is 351 g/mol. The van der Waals surface area contributed by atoms with Crippen molar-refractivity contribution in [1.82, 2.24) is 0 Å². The van der Waals surface area contributed by atoms with Gasteiger partial charge in [0.15, 0.2) is 0 Å². The Morgan fingerprint density at radius 3 is 2.42 bits per heavy atom. The van der Waals surface area contributed by atoms with E-state index in [2.05, 4.69) is 10.6 Å². The first-order valence-electron chi connectivity index (χ1n) is 7.24. The van der Waals surface area contributed by atoms with Gasteiger partial charge in [0, 0.05) is 23.7 Å². The molecule has 0 aliphatic carbocycles. The molecule has 0 unspecified atom stereocenters. The second-order valence-corrected chi connectivity index (χ2v) is 5.76. The predicted molar refractivity (Wildman–Crippen MR) is 97.7 cm³/mol. The highest BCUT2D eigenvalue weighted by Crippen LogP contribution is 2.28. The van der Waals surface area contributed by atoms with Gasteiger partial charge in [-0.3, -0.25) is 4.79 Å². The number of benzene rings is 2. The molecule has 24 heavy (non-hydrogen) atoms. The second kappa shape index (κ2) is 8.66. The van der Waals surface area contributed by atoms with Crippen LogP contribution in [0.1, 0.15) is 6.42 Å². The maximum atomic E-state index is 12.0. The number of halogens is 2. The lowest BCUT2D eigenvalue weighted by Gasteiger charge is -2.12. The molecule has 0 saturated heterocycles. The zero-order valence-electron chi connectivity index (χ0n) is 13.4. The number of methoxy groups -OCH3 is 2. The molecule has 0 aliphatic heterocycles. The minimum Gasteiger partial charge on any atom is -0.495 e. The van der Waals surface area contributed by atoms with E-state index in [1.807, 2.05) is 0 Å². The van der Waals surface area contributed by atoms with Crippen molar-refractivity contribution in [3.05, 3.63) is 46.4 Å². The van der Waals surface area contributed by atoms with Crippen LogP contribution in [0, 0.1) is 0 Å². The number of hydrogen-bond donors (Lipinski definition) is 2. The summed E-state index contributed by atoms with van der Waals surface area (Å²) in [5, 5.41) is 6.95. The number of rotatable bonds is 7. The number of hydrogen-bond acceptors (Lipinski definition) is 4. The van der Waals surface area contributed by atoms with Crippen LogP contribution in [0.4, 0.5) is 11.4 Å². The molecule has 0 saturated carbocycles. The van der Waals surface area contributed by atoms with Gasteiger partial charge in [-0.25, -0.2) is 0 Å². The molecule has 7 heteroatoms. The predicted octanol–water partition coefficient (Wildman–Crippen LogP) is 4.45. The molecule has 2 aromatic carbocycles.